The number of carbonyl (C=O) groups is 1. The van der Waals surface area contributed by atoms with E-state index in [0.717, 1.165) is 59.2 Å². The van der Waals surface area contributed by atoms with Crippen molar-refractivity contribution in [3.8, 4) is 11.3 Å². The number of aryl methyl sites for hydroxylation is 4. The van der Waals surface area contributed by atoms with Crippen LogP contribution < -0.4 is 4.40 Å². The second-order valence-corrected chi connectivity index (χ2v) is 25.1. The number of aromatic nitrogens is 2. The molecule has 1 aromatic heterocycles. The summed E-state index contributed by atoms with van der Waals surface area (Å²) < 4.78 is 1.54. The summed E-state index contributed by atoms with van der Waals surface area (Å²) in [7, 11) is 0. The third-order valence-electron chi connectivity index (χ3n) is 9.96. The minimum absolute atomic E-state index is 0. The van der Waals surface area contributed by atoms with E-state index in [1.165, 1.54) is 32.4 Å². The van der Waals surface area contributed by atoms with Gasteiger partial charge in [0.2, 0.25) is 0 Å². The zero-order chi connectivity index (χ0) is 33.9. The SMILES string of the molecule is CCC(C)(CC)C(=O)/C=C(\O)C(C)(CC)CC.Cc1[c-]c(-c2nc(C)nc3c2ccc2c[c]([Ge]([CH3])([CH3])[CH3])cc(C)c23)cc(C)c1.[Ir]. The van der Waals surface area contributed by atoms with Crippen molar-refractivity contribution in [1.82, 2.24) is 9.97 Å². The van der Waals surface area contributed by atoms with Crippen LogP contribution in [0.3, 0.4) is 0 Å². The molecule has 0 saturated heterocycles. The van der Waals surface area contributed by atoms with Crippen molar-refractivity contribution in [3.05, 3.63) is 76.8 Å². The topological polar surface area (TPSA) is 63.1 Å². The number of carbonyl (C=O) groups excluding carboxylic acids is 1. The molecule has 1 heterocycles. The van der Waals surface area contributed by atoms with Gasteiger partial charge in [0.25, 0.3) is 0 Å². The van der Waals surface area contributed by atoms with Crippen LogP contribution in [-0.2, 0) is 24.9 Å². The van der Waals surface area contributed by atoms with Crippen LogP contribution in [0.1, 0.15) is 89.7 Å². The number of aliphatic hydroxyl groups is 1. The van der Waals surface area contributed by atoms with Crippen LogP contribution in [-0.4, -0.2) is 34.1 Å². The number of benzene rings is 3. The number of hydrogen-bond acceptors (Lipinski definition) is 4. The third kappa shape index (κ3) is 8.76. The molecule has 4 nitrogen and oxygen atoms in total. The second-order valence-electron chi connectivity index (χ2n) is 14.4. The molecule has 0 amide bonds. The van der Waals surface area contributed by atoms with Gasteiger partial charge in [-0.3, -0.25) is 4.79 Å². The molecule has 0 aliphatic carbocycles. The van der Waals surface area contributed by atoms with Crippen LogP contribution in [0.25, 0.3) is 32.9 Å². The molecule has 0 atom stereocenters. The van der Waals surface area contributed by atoms with Crippen molar-refractivity contribution < 1.29 is 30.0 Å². The summed E-state index contributed by atoms with van der Waals surface area (Å²) in [5.41, 5.74) is 6.16. The van der Waals surface area contributed by atoms with Gasteiger partial charge in [-0.1, -0.05) is 41.5 Å². The maximum atomic E-state index is 12.2. The van der Waals surface area contributed by atoms with Crippen LogP contribution in [0.15, 0.2) is 48.2 Å². The summed E-state index contributed by atoms with van der Waals surface area (Å²) in [6, 6.07) is 17.0. The maximum absolute atomic E-state index is 12.2. The van der Waals surface area contributed by atoms with Gasteiger partial charge in [-0.2, -0.15) is 0 Å². The number of hydrogen-bond donors (Lipinski definition) is 1. The molecule has 0 unspecified atom stereocenters. The van der Waals surface area contributed by atoms with Crippen LogP contribution in [0.2, 0.25) is 17.3 Å². The number of allylic oxidation sites excluding steroid dienone is 2. The van der Waals surface area contributed by atoms with Crippen LogP contribution in [0, 0.1) is 44.6 Å². The summed E-state index contributed by atoms with van der Waals surface area (Å²) in [6.45, 7) is 20.5. The van der Waals surface area contributed by atoms with E-state index in [-0.39, 0.29) is 42.5 Å². The van der Waals surface area contributed by atoms with E-state index in [9.17, 15) is 9.90 Å². The summed E-state index contributed by atoms with van der Waals surface area (Å²) in [5, 5.41) is 13.8. The first-order valence-electron chi connectivity index (χ1n) is 16.6. The van der Waals surface area contributed by atoms with Gasteiger partial charge in [-0.05, 0) is 25.7 Å². The Kier molecular flexibility index (Phi) is 13.6. The smallest absolute Gasteiger partial charge is 0 e. The van der Waals surface area contributed by atoms with Gasteiger partial charge in [0.05, 0.1) is 0 Å². The van der Waals surface area contributed by atoms with Gasteiger partial charge in [0, 0.05) is 37.0 Å². The Morgan fingerprint density at radius 2 is 1.46 bits per heavy atom. The van der Waals surface area contributed by atoms with Crippen molar-refractivity contribution in [3.63, 3.8) is 0 Å². The molecule has 0 aliphatic heterocycles. The van der Waals surface area contributed by atoms with E-state index in [2.05, 4.69) is 80.5 Å². The Labute approximate surface area is 294 Å². The van der Waals surface area contributed by atoms with Crippen LogP contribution in [0.5, 0.6) is 0 Å². The number of nitrogens with zero attached hydrogens (tertiary/aromatic N) is 2. The minimum Gasteiger partial charge on any atom is 0 e. The molecule has 0 aliphatic rings. The van der Waals surface area contributed by atoms with Crippen molar-refractivity contribution in [1.29, 1.82) is 0 Å². The normalized spacial score (nSPS) is 12.5. The van der Waals surface area contributed by atoms with Gasteiger partial charge in [-0.25, -0.2) is 0 Å². The number of aliphatic hydroxyl groups excluding tert-OH is 1. The maximum Gasteiger partial charge on any atom is 0 e. The minimum atomic E-state index is -1.90. The van der Waals surface area contributed by atoms with Crippen LogP contribution >= 0.6 is 0 Å². The number of ketones is 1. The molecule has 0 spiro atoms. The molecule has 3 aromatic carbocycles. The fourth-order valence-electron chi connectivity index (χ4n) is 5.72. The fraction of sp³-hybridized carbons (Fsp3) is 0.475. The molecular weight excluding hydrogens is 805 g/mol. The Hall–Kier alpha value is -2.34. The molecule has 4 rings (SSSR count). The Balaban J connectivity index is 0.000000356. The molecule has 1 radical (unpaired) electrons. The predicted octanol–water partition coefficient (Wildman–Crippen LogP) is 10.7. The van der Waals surface area contributed by atoms with E-state index < -0.39 is 13.3 Å². The van der Waals surface area contributed by atoms with E-state index >= 15 is 0 Å². The number of rotatable bonds is 9. The molecule has 0 fully saturated rings. The third-order valence-corrected chi connectivity index (χ3v) is 14.2. The molecule has 6 heteroatoms. The van der Waals surface area contributed by atoms with Gasteiger partial charge in [0.1, 0.15) is 5.76 Å². The first-order valence-corrected chi connectivity index (χ1v) is 24.0. The van der Waals surface area contributed by atoms with Gasteiger partial charge < -0.3 is 5.11 Å². The zero-order valence-electron chi connectivity index (χ0n) is 30.5. The van der Waals surface area contributed by atoms with Crippen molar-refractivity contribution in [2.75, 3.05) is 0 Å². The van der Waals surface area contributed by atoms with Crippen LogP contribution in [0.4, 0.5) is 0 Å². The average molecular weight is 861 g/mol. The molecule has 4 aromatic rings. The molecule has 1 N–H and O–H groups in total. The van der Waals surface area contributed by atoms with Gasteiger partial charge >= 0.3 is 171 Å². The number of fused-ring (bicyclic) bond motifs is 3. The van der Waals surface area contributed by atoms with Gasteiger partial charge in [0.15, 0.2) is 5.78 Å². The molecule has 251 valence electrons. The molecule has 0 bridgehead atoms. The molecule has 0 saturated carbocycles. The van der Waals surface area contributed by atoms with Crippen molar-refractivity contribution >= 4 is 45.1 Å². The Bertz CT molecular complexity index is 1710. The van der Waals surface area contributed by atoms with E-state index in [1.807, 2.05) is 48.5 Å². The fourth-order valence-corrected chi connectivity index (χ4v) is 8.31. The summed E-state index contributed by atoms with van der Waals surface area (Å²) in [5.74, 6) is 8.43. The first-order chi connectivity index (χ1) is 20.9. The largest absolute Gasteiger partial charge is 0 e. The van der Waals surface area contributed by atoms with E-state index in [1.54, 1.807) is 0 Å². The van der Waals surface area contributed by atoms with E-state index in [0.29, 0.717) is 0 Å². The molecular formula is C40H55GeIrN2O2-. The standard InChI is InChI=1S/C25H27GeN2.C15H28O2.Ir/c1-15-10-16(2)12-20(11-15)24-22-9-8-19-14-21(26(5,6)7)13-17(3)23(19)25(22)28-18(4)27-24;1-7-14(5,8-2)12(16)11-13(17)15(6,9-3)10-4;/h8-11,13-14H,1-7H3;11,16H,7-10H2,1-6H3;/q-1;;/b;12-11-;. The monoisotopic (exact) mass is 862 g/mol. The summed E-state index contributed by atoms with van der Waals surface area (Å²) in [4.78, 5) is 21.9. The summed E-state index contributed by atoms with van der Waals surface area (Å²) >= 11 is -1.90. The van der Waals surface area contributed by atoms with Crippen molar-refractivity contribution in [2.45, 2.75) is 112 Å². The Morgan fingerprint density at radius 3 is 1.98 bits per heavy atom. The van der Waals surface area contributed by atoms with Crippen molar-refractivity contribution in [2.24, 2.45) is 10.8 Å². The zero-order valence-corrected chi connectivity index (χ0v) is 34.9. The average Bonchev–Trinajstić information content (AvgIpc) is 2.98. The Morgan fingerprint density at radius 1 is 0.870 bits per heavy atom. The second kappa shape index (κ2) is 15.7. The van der Waals surface area contributed by atoms with Gasteiger partial charge in [-0.15, -0.1) is 0 Å². The summed E-state index contributed by atoms with van der Waals surface area (Å²) in [6.07, 6.45) is 4.75. The predicted molar refractivity (Wildman–Crippen MR) is 196 cm³/mol. The van der Waals surface area contributed by atoms with E-state index in [4.69, 9.17) is 9.97 Å². The first kappa shape index (κ1) is 39.8. The quantitative estimate of drug-likeness (QED) is 0.0599. The molecule has 46 heavy (non-hydrogen) atoms.